The Hall–Kier alpha value is -0.910. The Morgan fingerprint density at radius 3 is 2.89 bits per heavy atom. The van der Waals surface area contributed by atoms with Crippen LogP contribution >= 0.6 is 11.8 Å². The summed E-state index contributed by atoms with van der Waals surface area (Å²) in [5, 5.41) is 3.29. The third kappa shape index (κ3) is 6.71. The third-order valence-corrected chi connectivity index (χ3v) is 3.22. The van der Waals surface area contributed by atoms with E-state index in [1.165, 1.54) is 0 Å². The molecule has 0 unspecified atom stereocenters. The Balaban J connectivity index is 2.36. The number of nitrogens with zero attached hydrogens (tertiary/aromatic N) is 2. The van der Waals surface area contributed by atoms with Crippen molar-refractivity contribution in [3.8, 4) is 0 Å². The third-order valence-electron chi connectivity index (χ3n) is 2.52. The van der Waals surface area contributed by atoms with Gasteiger partial charge in [-0.2, -0.15) is 11.8 Å². The highest BCUT2D eigenvalue weighted by atomic mass is 32.2. The number of hydrogen-bond acceptors (Lipinski definition) is 5. The Labute approximate surface area is 120 Å². The normalized spacial score (nSPS) is 16.0. The second-order valence-electron chi connectivity index (χ2n) is 5.50. The van der Waals surface area contributed by atoms with Gasteiger partial charge in [-0.3, -0.25) is 9.89 Å². The second kappa shape index (κ2) is 7.62. The van der Waals surface area contributed by atoms with Gasteiger partial charge in [-0.1, -0.05) is 0 Å². The summed E-state index contributed by atoms with van der Waals surface area (Å²) in [4.78, 5) is 18.1. The molecule has 19 heavy (non-hydrogen) atoms. The maximum Gasteiger partial charge on any atom is 0.410 e. The molecule has 0 spiro atoms. The number of aliphatic imine (C=N–C) groups is 1. The smallest absolute Gasteiger partial charge is 0.410 e. The molecule has 1 heterocycles. The van der Waals surface area contributed by atoms with Crippen LogP contribution in [0.5, 0.6) is 0 Å². The first kappa shape index (κ1) is 16.1. The van der Waals surface area contributed by atoms with E-state index in [1.807, 2.05) is 32.5 Å². The predicted octanol–water partition coefficient (Wildman–Crippen LogP) is 1.98. The lowest BCUT2D eigenvalue weighted by Crippen LogP contribution is -2.47. The quantitative estimate of drug-likeness (QED) is 0.803. The van der Waals surface area contributed by atoms with Gasteiger partial charge in [0.2, 0.25) is 0 Å². The largest absolute Gasteiger partial charge is 0.444 e. The summed E-state index contributed by atoms with van der Waals surface area (Å²) in [6.07, 6.45) is 2.94. The van der Waals surface area contributed by atoms with E-state index in [2.05, 4.69) is 16.6 Å². The summed E-state index contributed by atoms with van der Waals surface area (Å²) in [5.74, 6) is 2.02. The van der Waals surface area contributed by atoms with Crippen LogP contribution in [0.4, 0.5) is 4.79 Å². The maximum atomic E-state index is 12.0. The number of nitrogens with one attached hydrogen (secondary N) is 1. The van der Waals surface area contributed by atoms with Crippen molar-refractivity contribution in [1.82, 2.24) is 10.2 Å². The standard InChI is InChI=1S/C13H25N3O2S/c1-13(2,3)18-12(17)16-8-7-15-11(10-16)14-6-5-9-19-4/h5-10H2,1-4H3,(H,14,15). The molecule has 0 radical (unpaired) electrons. The molecule has 0 aromatic carbocycles. The van der Waals surface area contributed by atoms with E-state index >= 15 is 0 Å². The number of rotatable bonds is 4. The molecule has 1 rings (SSSR count). The number of ether oxygens (including phenoxy) is 1. The molecule has 0 bridgehead atoms. The first-order valence-electron chi connectivity index (χ1n) is 6.66. The number of thioether (sulfide) groups is 1. The minimum Gasteiger partial charge on any atom is -0.444 e. The Bertz CT molecular complexity index is 326. The van der Waals surface area contributed by atoms with Gasteiger partial charge in [0.1, 0.15) is 11.4 Å². The van der Waals surface area contributed by atoms with Gasteiger partial charge in [-0.15, -0.1) is 0 Å². The number of amides is 1. The van der Waals surface area contributed by atoms with Crippen molar-refractivity contribution in [3.63, 3.8) is 0 Å². The molecule has 0 aliphatic carbocycles. The summed E-state index contributed by atoms with van der Waals surface area (Å²) in [7, 11) is 0. The van der Waals surface area contributed by atoms with Crippen LogP contribution in [0, 0.1) is 0 Å². The van der Waals surface area contributed by atoms with Crippen molar-refractivity contribution >= 4 is 23.7 Å². The van der Waals surface area contributed by atoms with Crippen molar-refractivity contribution in [3.05, 3.63) is 0 Å². The lowest BCUT2D eigenvalue weighted by molar-refractivity contribution is 0.0276. The van der Waals surface area contributed by atoms with Crippen LogP contribution in [0.15, 0.2) is 4.99 Å². The van der Waals surface area contributed by atoms with Gasteiger partial charge in [-0.25, -0.2) is 4.79 Å². The summed E-state index contributed by atoms with van der Waals surface area (Å²) in [6.45, 7) is 8.34. The van der Waals surface area contributed by atoms with Crippen molar-refractivity contribution in [2.75, 3.05) is 38.2 Å². The molecule has 0 saturated carbocycles. The molecule has 0 aromatic rings. The van der Waals surface area contributed by atoms with Crippen LogP contribution < -0.4 is 5.32 Å². The number of amidine groups is 1. The van der Waals surface area contributed by atoms with E-state index in [0.29, 0.717) is 19.6 Å². The number of carbonyl (C=O) groups excluding carboxylic acids is 1. The zero-order valence-corrected chi connectivity index (χ0v) is 13.2. The SMILES string of the molecule is CSCCCNC1=NCCN(C(=O)OC(C)(C)C)C1. The first-order chi connectivity index (χ1) is 8.92. The molecular formula is C13H25N3O2S. The van der Waals surface area contributed by atoms with E-state index in [0.717, 1.165) is 24.6 Å². The Morgan fingerprint density at radius 2 is 2.26 bits per heavy atom. The number of hydrogen-bond donors (Lipinski definition) is 1. The molecular weight excluding hydrogens is 262 g/mol. The van der Waals surface area contributed by atoms with E-state index in [9.17, 15) is 4.79 Å². The van der Waals surface area contributed by atoms with Crippen molar-refractivity contribution in [1.29, 1.82) is 0 Å². The fraction of sp³-hybridized carbons (Fsp3) is 0.846. The zero-order valence-electron chi connectivity index (χ0n) is 12.4. The van der Waals surface area contributed by atoms with Crippen molar-refractivity contribution in [2.24, 2.45) is 4.99 Å². The molecule has 1 N–H and O–H groups in total. The molecule has 1 aliphatic rings. The van der Waals surface area contributed by atoms with Crippen LogP contribution in [0.3, 0.4) is 0 Å². The maximum absolute atomic E-state index is 12.0. The van der Waals surface area contributed by atoms with E-state index in [1.54, 1.807) is 4.90 Å². The second-order valence-corrected chi connectivity index (χ2v) is 6.49. The Kier molecular flexibility index (Phi) is 6.48. The summed E-state index contributed by atoms with van der Waals surface area (Å²) < 4.78 is 5.37. The highest BCUT2D eigenvalue weighted by Gasteiger charge is 2.24. The monoisotopic (exact) mass is 287 g/mol. The van der Waals surface area contributed by atoms with Gasteiger partial charge < -0.3 is 10.1 Å². The highest BCUT2D eigenvalue weighted by Crippen LogP contribution is 2.10. The molecule has 0 aromatic heterocycles. The van der Waals surface area contributed by atoms with Gasteiger partial charge >= 0.3 is 6.09 Å². The minimum atomic E-state index is -0.447. The highest BCUT2D eigenvalue weighted by molar-refractivity contribution is 7.98. The average molecular weight is 287 g/mol. The summed E-state index contributed by atoms with van der Waals surface area (Å²) in [5.41, 5.74) is -0.447. The molecule has 1 amide bonds. The van der Waals surface area contributed by atoms with Gasteiger partial charge in [0.15, 0.2) is 0 Å². The Morgan fingerprint density at radius 1 is 1.53 bits per heavy atom. The average Bonchev–Trinajstić information content (AvgIpc) is 2.33. The lowest BCUT2D eigenvalue weighted by atomic mass is 10.2. The molecule has 0 fully saturated rings. The molecule has 1 aliphatic heterocycles. The van der Waals surface area contributed by atoms with E-state index in [4.69, 9.17) is 4.74 Å². The number of carbonyl (C=O) groups is 1. The van der Waals surface area contributed by atoms with Gasteiger partial charge in [0.25, 0.3) is 0 Å². The van der Waals surface area contributed by atoms with Crippen LogP contribution in [0.2, 0.25) is 0 Å². The van der Waals surface area contributed by atoms with Crippen LogP contribution in [0.1, 0.15) is 27.2 Å². The van der Waals surface area contributed by atoms with Crippen LogP contribution in [0.25, 0.3) is 0 Å². The molecule has 0 atom stereocenters. The van der Waals surface area contributed by atoms with Crippen molar-refractivity contribution < 1.29 is 9.53 Å². The zero-order chi connectivity index (χ0) is 14.3. The van der Waals surface area contributed by atoms with Crippen LogP contribution in [-0.2, 0) is 4.74 Å². The van der Waals surface area contributed by atoms with Gasteiger partial charge in [0.05, 0.1) is 13.1 Å². The molecule has 5 nitrogen and oxygen atoms in total. The van der Waals surface area contributed by atoms with Crippen LogP contribution in [-0.4, -0.2) is 60.6 Å². The molecule has 0 saturated heterocycles. The predicted molar refractivity (Wildman–Crippen MR) is 81.1 cm³/mol. The molecule has 6 heteroatoms. The topological polar surface area (TPSA) is 53.9 Å². The van der Waals surface area contributed by atoms with E-state index < -0.39 is 5.60 Å². The molecule has 110 valence electrons. The summed E-state index contributed by atoms with van der Waals surface area (Å²) >= 11 is 1.84. The summed E-state index contributed by atoms with van der Waals surface area (Å²) in [6, 6.07) is 0. The van der Waals surface area contributed by atoms with Gasteiger partial charge in [0, 0.05) is 13.1 Å². The minimum absolute atomic E-state index is 0.259. The fourth-order valence-corrected chi connectivity index (χ4v) is 2.09. The fourth-order valence-electron chi connectivity index (χ4n) is 1.66. The van der Waals surface area contributed by atoms with E-state index in [-0.39, 0.29) is 6.09 Å². The first-order valence-corrected chi connectivity index (χ1v) is 8.06. The lowest BCUT2D eigenvalue weighted by Gasteiger charge is -2.29. The van der Waals surface area contributed by atoms with Crippen molar-refractivity contribution in [2.45, 2.75) is 32.8 Å². The van der Waals surface area contributed by atoms with Gasteiger partial charge in [-0.05, 0) is 39.2 Å².